The first kappa shape index (κ1) is 25.5. The second-order valence-electron chi connectivity index (χ2n) is 9.20. The minimum Gasteiger partial charge on any atom is -0.493 e. The second-order valence-corrected chi connectivity index (χ2v) is 9.20. The minimum absolute atomic E-state index is 0.0521. The maximum absolute atomic E-state index is 12.9. The molecule has 176 valence electrons. The Balaban J connectivity index is 1.95. The van der Waals surface area contributed by atoms with Crippen LogP contribution in [0.25, 0.3) is 0 Å². The summed E-state index contributed by atoms with van der Waals surface area (Å²) < 4.78 is 44.5. The van der Waals surface area contributed by atoms with Crippen LogP contribution in [0.15, 0.2) is 24.3 Å². The molecule has 1 N–H and O–H groups in total. The summed E-state index contributed by atoms with van der Waals surface area (Å²) in [7, 11) is 4.00. The highest BCUT2D eigenvalue weighted by molar-refractivity contribution is 5.79. The van der Waals surface area contributed by atoms with Crippen LogP contribution in [0.5, 0.6) is 5.75 Å². The van der Waals surface area contributed by atoms with Crippen molar-refractivity contribution >= 4 is 5.91 Å². The van der Waals surface area contributed by atoms with Gasteiger partial charge in [-0.1, -0.05) is 19.9 Å². The molecule has 1 aromatic carbocycles. The zero-order chi connectivity index (χ0) is 23.0. The van der Waals surface area contributed by atoms with E-state index in [0.29, 0.717) is 32.0 Å². The van der Waals surface area contributed by atoms with Crippen molar-refractivity contribution in [1.82, 2.24) is 15.1 Å². The van der Waals surface area contributed by atoms with E-state index < -0.39 is 11.7 Å². The molecule has 0 aliphatic carbocycles. The van der Waals surface area contributed by atoms with Gasteiger partial charge in [0.2, 0.25) is 5.91 Å². The van der Waals surface area contributed by atoms with E-state index in [-0.39, 0.29) is 23.5 Å². The molecule has 0 unspecified atom stereocenters. The molecule has 2 rings (SSSR count). The molecule has 1 fully saturated rings. The van der Waals surface area contributed by atoms with E-state index in [0.717, 1.165) is 38.2 Å². The second kappa shape index (κ2) is 11.7. The molecule has 1 heterocycles. The summed E-state index contributed by atoms with van der Waals surface area (Å²) >= 11 is 0. The number of hydrogen-bond donors (Lipinski definition) is 1. The summed E-state index contributed by atoms with van der Waals surface area (Å²) in [5.41, 5.74) is -0.718. The van der Waals surface area contributed by atoms with Crippen molar-refractivity contribution < 1.29 is 22.7 Å². The van der Waals surface area contributed by atoms with Gasteiger partial charge in [-0.15, -0.1) is 0 Å². The highest BCUT2D eigenvalue weighted by atomic mass is 19.4. The fourth-order valence-electron chi connectivity index (χ4n) is 4.01. The summed E-state index contributed by atoms with van der Waals surface area (Å²) in [6.45, 7) is 8.49. The van der Waals surface area contributed by atoms with Crippen LogP contribution in [-0.2, 0) is 11.0 Å². The highest BCUT2D eigenvalue weighted by Crippen LogP contribution is 2.32. The van der Waals surface area contributed by atoms with Gasteiger partial charge in [-0.2, -0.15) is 13.2 Å². The molecule has 0 saturated carbocycles. The largest absolute Gasteiger partial charge is 0.493 e. The fraction of sp³-hybridized carbons (Fsp3) is 0.696. The molecule has 1 amide bonds. The van der Waals surface area contributed by atoms with Crippen LogP contribution in [0.2, 0.25) is 0 Å². The summed E-state index contributed by atoms with van der Waals surface area (Å²) in [6.07, 6.45) is -2.83. The first-order valence-electron chi connectivity index (χ1n) is 11.0. The molecule has 8 heteroatoms. The molecule has 31 heavy (non-hydrogen) atoms. The Morgan fingerprint density at radius 1 is 1.29 bits per heavy atom. The first-order valence-corrected chi connectivity index (χ1v) is 11.0. The average molecular weight is 444 g/mol. The van der Waals surface area contributed by atoms with Crippen LogP contribution < -0.4 is 10.1 Å². The van der Waals surface area contributed by atoms with E-state index in [9.17, 15) is 18.0 Å². The van der Waals surface area contributed by atoms with Gasteiger partial charge in [0, 0.05) is 32.1 Å². The third-order valence-electron chi connectivity index (χ3n) is 5.34. The molecule has 1 aliphatic rings. The van der Waals surface area contributed by atoms with Crippen molar-refractivity contribution in [2.24, 2.45) is 17.8 Å². The lowest BCUT2D eigenvalue weighted by Crippen LogP contribution is -2.48. The van der Waals surface area contributed by atoms with Crippen LogP contribution in [0.3, 0.4) is 0 Å². The van der Waals surface area contributed by atoms with Crippen molar-refractivity contribution in [3.63, 3.8) is 0 Å². The number of carbonyl (C=O) groups excluding carboxylic acids is 1. The summed E-state index contributed by atoms with van der Waals surface area (Å²) in [4.78, 5) is 17.1. The monoisotopic (exact) mass is 443 g/mol. The predicted octanol–water partition coefficient (Wildman–Crippen LogP) is 3.75. The number of likely N-dealkylation sites (tertiary alicyclic amines) is 1. The van der Waals surface area contributed by atoms with Gasteiger partial charge in [0.25, 0.3) is 0 Å². The molecule has 0 radical (unpaired) electrons. The van der Waals surface area contributed by atoms with Crippen molar-refractivity contribution in [1.29, 1.82) is 0 Å². The van der Waals surface area contributed by atoms with Crippen molar-refractivity contribution in [3.05, 3.63) is 29.8 Å². The summed E-state index contributed by atoms with van der Waals surface area (Å²) in [5.74, 6) is 0.672. The van der Waals surface area contributed by atoms with Gasteiger partial charge >= 0.3 is 6.18 Å². The van der Waals surface area contributed by atoms with Crippen LogP contribution in [0.4, 0.5) is 13.2 Å². The van der Waals surface area contributed by atoms with Crippen LogP contribution in [-0.4, -0.2) is 69.1 Å². The molecule has 5 nitrogen and oxygen atoms in total. The smallest absolute Gasteiger partial charge is 0.416 e. The number of amides is 1. The highest BCUT2D eigenvalue weighted by Gasteiger charge is 2.33. The lowest BCUT2D eigenvalue weighted by molar-refractivity contribution is -0.137. The number of piperidine rings is 1. The number of halogens is 3. The molecular formula is C23H36F3N3O2. The Bertz CT molecular complexity index is 695. The Kier molecular flexibility index (Phi) is 9.62. The molecule has 2 atom stereocenters. The first-order chi connectivity index (χ1) is 14.5. The maximum atomic E-state index is 12.9. The third kappa shape index (κ3) is 9.07. The standard InChI is InChI=1S/C23H36F3N3O2/c1-17(2)13-29-14-18(11-19(15-29)22(30)27-9-6-10-28(3)4)16-31-21-8-5-7-20(12-21)23(24,25)26/h5,7-8,12,17-19H,6,9-11,13-16H2,1-4H3,(H,27,30)/t18-,19+/m0/s1. The fourth-order valence-corrected chi connectivity index (χ4v) is 4.01. The van der Waals surface area contributed by atoms with Crippen molar-refractivity contribution in [2.45, 2.75) is 32.9 Å². The van der Waals surface area contributed by atoms with Gasteiger partial charge in [0.05, 0.1) is 18.1 Å². The summed E-state index contributed by atoms with van der Waals surface area (Å²) in [6, 6.07) is 4.96. The predicted molar refractivity (Wildman–Crippen MR) is 116 cm³/mol. The van der Waals surface area contributed by atoms with Crippen LogP contribution >= 0.6 is 0 Å². The lowest BCUT2D eigenvalue weighted by Gasteiger charge is -2.38. The Hall–Kier alpha value is -1.80. The number of nitrogens with one attached hydrogen (secondary N) is 1. The average Bonchev–Trinajstić information content (AvgIpc) is 2.68. The zero-order valence-electron chi connectivity index (χ0n) is 19.0. The Morgan fingerprint density at radius 3 is 2.68 bits per heavy atom. The Morgan fingerprint density at radius 2 is 2.03 bits per heavy atom. The van der Waals surface area contributed by atoms with Crippen molar-refractivity contribution in [2.75, 3.05) is 53.4 Å². The summed E-state index contributed by atoms with van der Waals surface area (Å²) in [5, 5.41) is 3.04. The van der Waals surface area contributed by atoms with Gasteiger partial charge < -0.3 is 19.9 Å². The number of alkyl halides is 3. The van der Waals surface area contributed by atoms with Crippen LogP contribution in [0, 0.1) is 17.8 Å². The van der Waals surface area contributed by atoms with Crippen molar-refractivity contribution in [3.8, 4) is 5.75 Å². The van der Waals surface area contributed by atoms with Gasteiger partial charge in [-0.25, -0.2) is 0 Å². The molecule has 1 aromatic rings. The SMILES string of the molecule is CC(C)CN1C[C@@H](COc2cccc(C(F)(F)F)c2)C[C@@H](C(=O)NCCCN(C)C)C1. The number of ether oxygens (including phenoxy) is 1. The molecule has 1 saturated heterocycles. The van der Waals surface area contributed by atoms with E-state index in [2.05, 4.69) is 29.0 Å². The number of nitrogens with zero attached hydrogens (tertiary/aromatic N) is 2. The zero-order valence-corrected chi connectivity index (χ0v) is 19.0. The molecule has 0 bridgehead atoms. The molecule has 1 aliphatic heterocycles. The number of carbonyl (C=O) groups is 1. The van der Waals surface area contributed by atoms with E-state index in [1.165, 1.54) is 6.07 Å². The van der Waals surface area contributed by atoms with Gasteiger partial charge in [-0.05, 0) is 57.6 Å². The van der Waals surface area contributed by atoms with Crippen LogP contribution in [0.1, 0.15) is 32.3 Å². The van der Waals surface area contributed by atoms with E-state index in [1.54, 1.807) is 6.07 Å². The van der Waals surface area contributed by atoms with Gasteiger partial charge in [0.15, 0.2) is 0 Å². The number of rotatable bonds is 10. The molecular weight excluding hydrogens is 407 g/mol. The minimum atomic E-state index is -4.39. The molecule has 0 aromatic heterocycles. The lowest BCUT2D eigenvalue weighted by atomic mass is 9.88. The maximum Gasteiger partial charge on any atom is 0.416 e. The third-order valence-corrected chi connectivity index (χ3v) is 5.34. The topological polar surface area (TPSA) is 44.8 Å². The van der Waals surface area contributed by atoms with E-state index >= 15 is 0 Å². The van der Waals surface area contributed by atoms with E-state index in [1.807, 2.05) is 14.1 Å². The normalized spacial score (nSPS) is 20.3. The van der Waals surface area contributed by atoms with Gasteiger partial charge in [-0.3, -0.25) is 4.79 Å². The number of benzene rings is 1. The number of hydrogen-bond acceptors (Lipinski definition) is 4. The van der Waals surface area contributed by atoms with E-state index in [4.69, 9.17) is 4.74 Å². The Labute approximate surface area is 183 Å². The molecule has 0 spiro atoms. The quantitative estimate of drug-likeness (QED) is 0.560. The van der Waals surface area contributed by atoms with Gasteiger partial charge in [0.1, 0.15) is 5.75 Å².